The predicted octanol–water partition coefficient (Wildman–Crippen LogP) is 13.4. The van der Waals surface area contributed by atoms with Crippen LogP contribution in [0.5, 0.6) is 11.5 Å². The van der Waals surface area contributed by atoms with Gasteiger partial charge in [-0.1, -0.05) is 31.2 Å². The van der Waals surface area contributed by atoms with E-state index in [0.29, 0.717) is 44.5 Å². The fourth-order valence-corrected chi connectivity index (χ4v) is 6.45. The zero-order chi connectivity index (χ0) is 46.4. The van der Waals surface area contributed by atoms with Gasteiger partial charge in [-0.25, -0.2) is 26.3 Å². The summed E-state index contributed by atoms with van der Waals surface area (Å²) in [6.07, 6.45) is 2.56. The molecule has 15 heteroatoms. The Morgan fingerprint density at radius 3 is 1.28 bits per heavy atom. The van der Waals surface area contributed by atoms with Gasteiger partial charge in [0.2, 0.25) is 0 Å². The lowest BCUT2D eigenvalue weighted by molar-refractivity contribution is 0.111. The van der Waals surface area contributed by atoms with Crippen LogP contribution in [0.15, 0.2) is 110 Å². The topological polar surface area (TPSA) is 112 Å². The molecule has 61 heavy (non-hydrogen) atoms. The minimum atomic E-state index is -0.528. The number of aromatic hydroxyl groups is 2. The Bertz CT molecular complexity index is 2240. The summed E-state index contributed by atoms with van der Waals surface area (Å²) in [4.78, 5) is 30.7. The molecular formula is C46H41Br3F6O6. The van der Waals surface area contributed by atoms with Gasteiger partial charge in [0.15, 0.2) is 12.6 Å². The van der Waals surface area contributed by atoms with E-state index in [9.17, 15) is 40.7 Å². The maximum absolute atomic E-state index is 12.9. The number of rotatable bonds is 5. The molecule has 0 aromatic heterocycles. The van der Waals surface area contributed by atoms with Crippen molar-refractivity contribution in [2.45, 2.75) is 47.6 Å². The van der Waals surface area contributed by atoms with Crippen molar-refractivity contribution in [3.05, 3.63) is 195 Å². The lowest BCUT2D eigenvalue weighted by atomic mass is 10.1. The summed E-state index contributed by atoms with van der Waals surface area (Å²) in [5.41, 5.74) is 6.05. The number of aldehydes is 3. The van der Waals surface area contributed by atoms with Gasteiger partial charge in [-0.2, -0.15) is 0 Å². The molecule has 0 atom stereocenters. The fraction of sp³-hybridized carbons (Fsp3) is 0.152. The van der Waals surface area contributed by atoms with E-state index in [4.69, 9.17) is 15.3 Å². The Labute approximate surface area is 375 Å². The third kappa shape index (κ3) is 18.2. The van der Waals surface area contributed by atoms with E-state index in [1.165, 1.54) is 54.6 Å². The fourth-order valence-electron chi connectivity index (χ4n) is 4.61. The molecule has 6 rings (SSSR count). The number of hydrogen-bond donors (Lipinski definition) is 3. The van der Waals surface area contributed by atoms with Crippen LogP contribution in [0.3, 0.4) is 0 Å². The molecule has 324 valence electrons. The number of halogens is 9. The third-order valence-electron chi connectivity index (χ3n) is 8.15. The Balaban J connectivity index is 0.000000367. The molecule has 0 fully saturated rings. The molecule has 0 saturated heterocycles. The van der Waals surface area contributed by atoms with Gasteiger partial charge in [0.25, 0.3) is 0 Å². The molecule has 0 aliphatic rings. The quantitative estimate of drug-likeness (QED) is 0.117. The molecule has 0 heterocycles. The van der Waals surface area contributed by atoms with Crippen LogP contribution in [-0.4, -0.2) is 34.2 Å². The summed E-state index contributed by atoms with van der Waals surface area (Å²) in [6, 6.07) is 21.6. The third-order valence-corrected chi connectivity index (χ3v) is 10.7. The van der Waals surface area contributed by atoms with Crippen LogP contribution in [0.2, 0.25) is 0 Å². The Morgan fingerprint density at radius 2 is 0.902 bits per heavy atom. The molecule has 0 unspecified atom stereocenters. The summed E-state index contributed by atoms with van der Waals surface area (Å²) in [5.74, 6) is -2.25. The lowest BCUT2D eigenvalue weighted by Gasteiger charge is -2.05. The molecule has 0 aliphatic carbocycles. The molecule has 0 aliphatic heterocycles. The maximum Gasteiger partial charge on any atom is 0.153 e. The van der Waals surface area contributed by atoms with E-state index in [-0.39, 0.29) is 51.4 Å². The van der Waals surface area contributed by atoms with Crippen molar-refractivity contribution in [1.29, 1.82) is 0 Å². The Morgan fingerprint density at radius 1 is 0.492 bits per heavy atom. The zero-order valence-corrected chi connectivity index (χ0v) is 38.1. The number of aryl methyl sites for hydroxylation is 4. The second-order valence-electron chi connectivity index (χ2n) is 12.5. The molecule has 6 aromatic carbocycles. The number of carbonyl (C=O) groups is 3. The van der Waals surface area contributed by atoms with E-state index in [2.05, 4.69) is 47.8 Å². The average molecular weight is 1040 g/mol. The van der Waals surface area contributed by atoms with Gasteiger partial charge in [0, 0.05) is 11.1 Å². The minimum absolute atomic E-state index is 0.0278. The summed E-state index contributed by atoms with van der Waals surface area (Å²) in [7, 11) is 0. The van der Waals surface area contributed by atoms with E-state index in [1.54, 1.807) is 38.1 Å². The van der Waals surface area contributed by atoms with Crippen molar-refractivity contribution in [2.24, 2.45) is 0 Å². The van der Waals surface area contributed by atoms with Crippen molar-refractivity contribution in [3.63, 3.8) is 0 Å². The van der Waals surface area contributed by atoms with E-state index < -0.39 is 11.6 Å². The number of carbonyl (C=O) groups excluding carboxylic acids is 3. The van der Waals surface area contributed by atoms with Crippen molar-refractivity contribution >= 4 is 66.6 Å². The molecule has 0 spiro atoms. The Hall–Kier alpha value is -5.09. The minimum Gasteiger partial charge on any atom is -0.508 e. The van der Waals surface area contributed by atoms with Gasteiger partial charge in [-0.15, -0.1) is 0 Å². The number of hydrogen-bond acceptors (Lipinski definition) is 6. The Kier molecular flexibility index (Phi) is 24.5. The van der Waals surface area contributed by atoms with E-state index in [1.807, 2.05) is 20.8 Å². The van der Waals surface area contributed by atoms with Crippen LogP contribution in [-0.2, 0) is 13.0 Å². The number of aliphatic hydroxyl groups excluding tert-OH is 1. The van der Waals surface area contributed by atoms with Crippen molar-refractivity contribution < 1.29 is 56.0 Å². The first-order chi connectivity index (χ1) is 28.8. The van der Waals surface area contributed by atoms with Crippen LogP contribution in [0.4, 0.5) is 26.3 Å². The van der Waals surface area contributed by atoms with Gasteiger partial charge in [-0.05, 0) is 188 Å². The zero-order valence-electron chi connectivity index (χ0n) is 33.4. The smallest absolute Gasteiger partial charge is 0.153 e. The SMILES string of the molecule is CCc1c(C)ccc(F)c1Br.Cc1ccc(F)c(Br)c1C=O.Cc1ccc(F)c(Br)c1CO.Cc1ccc(F)cc1C=O.O=Cc1cc(F)ccc1O.Oc1ccc(F)cc1. The highest BCUT2D eigenvalue weighted by Crippen LogP contribution is 2.25. The lowest BCUT2D eigenvalue weighted by Crippen LogP contribution is -1.92. The van der Waals surface area contributed by atoms with Gasteiger partial charge in [-0.3, -0.25) is 14.4 Å². The van der Waals surface area contributed by atoms with Crippen LogP contribution in [0, 0.1) is 62.6 Å². The highest BCUT2D eigenvalue weighted by molar-refractivity contribution is 9.11. The second-order valence-corrected chi connectivity index (χ2v) is 14.8. The number of benzene rings is 6. The van der Waals surface area contributed by atoms with E-state index >= 15 is 0 Å². The van der Waals surface area contributed by atoms with Gasteiger partial charge >= 0.3 is 0 Å². The summed E-state index contributed by atoms with van der Waals surface area (Å²) < 4.78 is 76.3. The average Bonchev–Trinajstić information content (AvgIpc) is 3.24. The maximum atomic E-state index is 12.9. The largest absolute Gasteiger partial charge is 0.508 e. The van der Waals surface area contributed by atoms with Crippen molar-refractivity contribution in [1.82, 2.24) is 0 Å². The standard InChI is InChI=1S/C9H10BrF.C8H8BrFO.C8H6BrFO.C8H7FO.C7H5FO2.C6H5FO/c1-3-7-6(2)4-5-8(11)9(7)10;2*1-5-2-3-7(10)8(9)6(5)4-11;1-6-2-3-8(9)4-7(6)5-10;8-6-1-2-7(10)5(3-6)4-9;7-5-1-3-6(8)4-2-5/h4-5H,3H2,1-2H3;2-3,11H,4H2,1H3;2-4H,1H3;2-5H,1H3;1-4,10H;1-4,8H. The van der Waals surface area contributed by atoms with Crippen LogP contribution < -0.4 is 0 Å². The number of aliphatic hydroxyl groups is 1. The van der Waals surface area contributed by atoms with Crippen molar-refractivity contribution in [2.75, 3.05) is 0 Å². The van der Waals surface area contributed by atoms with Gasteiger partial charge in [0.05, 0.1) is 25.6 Å². The van der Waals surface area contributed by atoms with Crippen LogP contribution in [0.1, 0.15) is 71.4 Å². The highest BCUT2D eigenvalue weighted by Gasteiger charge is 2.08. The van der Waals surface area contributed by atoms with Crippen molar-refractivity contribution in [3.8, 4) is 11.5 Å². The summed E-state index contributed by atoms with van der Waals surface area (Å²) >= 11 is 9.26. The monoisotopic (exact) mass is 1040 g/mol. The van der Waals surface area contributed by atoms with Gasteiger partial charge < -0.3 is 15.3 Å². The first-order valence-electron chi connectivity index (χ1n) is 17.7. The number of phenols is 2. The molecule has 6 nitrogen and oxygen atoms in total. The first kappa shape index (κ1) is 53.9. The predicted molar refractivity (Wildman–Crippen MR) is 235 cm³/mol. The van der Waals surface area contributed by atoms with E-state index in [0.717, 1.165) is 52.4 Å². The molecular weight excluding hydrogens is 1000 g/mol. The first-order valence-corrected chi connectivity index (χ1v) is 20.1. The molecule has 3 N–H and O–H groups in total. The summed E-state index contributed by atoms with van der Waals surface area (Å²) in [5, 5.41) is 26.3. The molecule has 6 aromatic rings. The second kappa shape index (κ2) is 27.7. The molecule has 0 radical (unpaired) electrons. The summed E-state index contributed by atoms with van der Waals surface area (Å²) in [6.45, 7) is 9.23. The normalized spacial score (nSPS) is 9.69. The molecule has 0 bridgehead atoms. The molecule has 0 amide bonds. The van der Waals surface area contributed by atoms with Crippen LogP contribution in [0.25, 0.3) is 0 Å². The number of phenolic OH excluding ortho intramolecular Hbond substituents is 2. The van der Waals surface area contributed by atoms with Crippen LogP contribution >= 0.6 is 47.8 Å². The van der Waals surface area contributed by atoms with Gasteiger partial charge in [0.1, 0.15) is 52.7 Å². The highest BCUT2D eigenvalue weighted by atomic mass is 79.9. The molecule has 0 saturated carbocycles.